The van der Waals surface area contributed by atoms with E-state index in [1.165, 1.54) is 0 Å². The summed E-state index contributed by atoms with van der Waals surface area (Å²) in [7, 11) is 1.73. The molecule has 2 amide bonds. The molecule has 0 bridgehead atoms. The van der Waals surface area contributed by atoms with Crippen LogP contribution in [0.2, 0.25) is 0 Å². The van der Waals surface area contributed by atoms with E-state index < -0.39 is 0 Å². The molecule has 0 saturated heterocycles. The van der Waals surface area contributed by atoms with Crippen molar-refractivity contribution in [2.75, 3.05) is 20.1 Å². The van der Waals surface area contributed by atoms with E-state index in [1.54, 1.807) is 11.9 Å². The minimum Gasteiger partial charge on any atom is -0.347 e. The third-order valence-electron chi connectivity index (χ3n) is 3.95. The van der Waals surface area contributed by atoms with Gasteiger partial charge in [0.05, 0.1) is 12.5 Å². The topological polar surface area (TPSA) is 75.4 Å². The van der Waals surface area contributed by atoms with Crippen molar-refractivity contribution < 1.29 is 9.59 Å². The van der Waals surface area contributed by atoms with Crippen molar-refractivity contribution in [2.45, 2.75) is 39.2 Å². The molecule has 3 atom stereocenters. The van der Waals surface area contributed by atoms with Crippen molar-refractivity contribution in [1.29, 1.82) is 0 Å². The first-order valence-electron chi connectivity index (χ1n) is 6.74. The Bertz CT molecular complexity index is 307. The molecule has 0 heterocycles. The highest BCUT2D eigenvalue weighted by molar-refractivity contribution is 5.86. The highest BCUT2D eigenvalue weighted by Gasteiger charge is 2.32. The first-order chi connectivity index (χ1) is 8.47. The highest BCUT2D eigenvalue weighted by atomic mass is 16.2. The zero-order valence-corrected chi connectivity index (χ0v) is 11.6. The van der Waals surface area contributed by atoms with Gasteiger partial charge in [-0.05, 0) is 25.7 Å². The van der Waals surface area contributed by atoms with Gasteiger partial charge in [-0.15, -0.1) is 0 Å². The minimum absolute atomic E-state index is 0.0664. The molecular formula is C13H25N3O2. The second-order valence-electron chi connectivity index (χ2n) is 5.22. The number of carbonyl (C=O) groups is 2. The third-order valence-corrected chi connectivity index (χ3v) is 3.95. The molecule has 1 aliphatic rings. The first-order valence-corrected chi connectivity index (χ1v) is 6.74. The van der Waals surface area contributed by atoms with Crippen molar-refractivity contribution >= 4 is 11.8 Å². The first kappa shape index (κ1) is 15.0. The number of hydrogen-bond acceptors (Lipinski definition) is 3. The lowest BCUT2D eigenvalue weighted by Gasteiger charge is -2.32. The molecule has 0 aromatic carbocycles. The van der Waals surface area contributed by atoms with Gasteiger partial charge in [-0.3, -0.25) is 9.59 Å². The van der Waals surface area contributed by atoms with Gasteiger partial charge >= 0.3 is 0 Å². The van der Waals surface area contributed by atoms with Gasteiger partial charge in [-0.2, -0.15) is 0 Å². The molecule has 0 aromatic heterocycles. The summed E-state index contributed by atoms with van der Waals surface area (Å²) < 4.78 is 0. The summed E-state index contributed by atoms with van der Waals surface area (Å²) in [6.45, 7) is 4.70. The molecule has 0 aliphatic heterocycles. The lowest BCUT2D eigenvalue weighted by atomic mass is 9.78. The van der Waals surface area contributed by atoms with Crippen LogP contribution < -0.4 is 11.1 Å². The Kier molecular flexibility index (Phi) is 5.59. The maximum atomic E-state index is 12.0. The smallest absolute Gasteiger partial charge is 0.241 e. The fourth-order valence-electron chi connectivity index (χ4n) is 2.35. The van der Waals surface area contributed by atoms with Gasteiger partial charge in [0, 0.05) is 19.6 Å². The molecule has 0 radical (unpaired) electrons. The molecule has 1 aliphatic carbocycles. The minimum atomic E-state index is -0.145. The molecular weight excluding hydrogens is 230 g/mol. The monoisotopic (exact) mass is 255 g/mol. The lowest BCUT2D eigenvalue weighted by molar-refractivity contribution is -0.133. The second-order valence-corrected chi connectivity index (χ2v) is 5.22. The van der Waals surface area contributed by atoms with Gasteiger partial charge in [-0.1, -0.05) is 13.3 Å². The second kappa shape index (κ2) is 6.73. The molecule has 1 rings (SSSR count). The van der Waals surface area contributed by atoms with Gasteiger partial charge in [0.2, 0.25) is 11.8 Å². The van der Waals surface area contributed by atoms with Gasteiger partial charge < -0.3 is 16.0 Å². The summed E-state index contributed by atoms with van der Waals surface area (Å²) >= 11 is 0. The summed E-state index contributed by atoms with van der Waals surface area (Å²) in [6.07, 6.45) is 2.95. The van der Waals surface area contributed by atoms with Crippen LogP contribution in [0.15, 0.2) is 0 Å². The van der Waals surface area contributed by atoms with Gasteiger partial charge in [-0.25, -0.2) is 0 Å². The molecule has 5 nitrogen and oxygen atoms in total. The van der Waals surface area contributed by atoms with Gasteiger partial charge in [0.1, 0.15) is 0 Å². The van der Waals surface area contributed by atoms with Crippen LogP contribution in [0.1, 0.15) is 33.1 Å². The molecule has 0 aromatic rings. The van der Waals surface area contributed by atoms with Crippen molar-refractivity contribution in [1.82, 2.24) is 10.2 Å². The van der Waals surface area contributed by atoms with E-state index >= 15 is 0 Å². The Morgan fingerprint density at radius 2 is 2.06 bits per heavy atom. The van der Waals surface area contributed by atoms with Crippen molar-refractivity contribution in [3.8, 4) is 0 Å². The average molecular weight is 255 g/mol. The fourth-order valence-corrected chi connectivity index (χ4v) is 2.35. The summed E-state index contributed by atoms with van der Waals surface area (Å²) in [5, 5.41) is 2.71. The number of hydrogen-bond donors (Lipinski definition) is 2. The van der Waals surface area contributed by atoms with Crippen LogP contribution in [-0.4, -0.2) is 42.9 Å². The van der Waals surface area contributed by atoms with Crippen LogP contribution in [-0.2, 0) is 9.59 Å². The quantitative estimate of drug-likeness (QED) is 0.761. The Hall–Kier alpha value is -1.10. The maximum absolute atomic E-state index is 12.0. The standard InChI is InChI=1S/C13H25N3O2/c1-4-16(3)11(17)8-15-13(18)10-7-5-6-9(2)12(10)14/h9-10,12H,4-8,14H2,1-3H3,(H,15,18). The molecule has 0 spiro atoms. The van der Waals surface area contributed by atoms with Crippen molar-refractivity contribution in [2.24, 2.45) is 17.6 Å². The Morgan fingerprint density at radius 1 is 1.39 bits per heavy atom. The zero-order valence-electron chi connectivity index (χ0n) is 11.6. The number of likely N-dealkylation sites (N-methyl/N-ethyl adjacent to an activating group) is 1. The number of carbonyl (C=O) groups excluding carboxylic acids is 2. The number of nitrogens with two attached hydrogens (primary N) is 1. The normalized spacial score (nSPS) is 27.7. The third kappa shape index (κ3) is 3.70. The van der Waals surface area contributed by atoms with Crippen LogP contribution >= 0.6 is 0 Å². The molecule has 104 valence electrons. The van der Waals surface area contributed by atoms with Gasteiger partial charge in [0.15, 0.2) is 0 Å². The number of nitrogens with one attached hydrogen (secondary N) is 1. The maximum Gasteiger partial charge on any atom is 0.241 e. The van der Waals surface area contributed by atoms with Crippen molar-refractivity contribution in [3.05, 3.63) is 0 Å². The van der Waals surface area contributed by atoms with Crippen LogP contribution in [0.25, 0.3) is 0 Å². The van der Waals surface area contributed by atoms with E-state index in [0.717, 1.165) is 19.3 Å². The molecule has 1 saturated carbocycles. The molecule has 5 heteroatoms. The van der Waals surface area contributed by atoms with E-state index in [2.05, 4.69) is 12.2 Å². The number of amides is 2. The zero-order chi connectivity index (χ0) is 13.7. The molecule has 3 N–H and O–H groups in total. The predicted octanol–water partition coefficient (Wildman–Crippen LogP) is 0.344. The Labute approximate surface area is 109 Å². The Balaban J connectivity index is 2.43. The van der Waals surface area contributed by atoms with Crippen LogP contribution in [0.5, 0.6) is 0 Å². The van der Waals surface area contributed by atoms with E-state index in [9.17, 15) is 9.59 Å². The number of nitrogens with zero attached hydrogens (tertiary/aromatic N) is 1. The highest BCUT2D eigenvalue weighted by Crippen LogP contribution is 2.27. The lowest BCUT2D eigenvalue weighted by Crippen LogP contribution is -2.49. The SMILES string of the molecule is CCN(C)C(=O)CNC(=O)C1CCCC(C)C1N. The van der Waals surface area contributed by atoms with Gasteiger partial charge in [0.25, 0.3) is 0 Å². The molecule has 18 heavy (non-hydrogen) atoms. The Morgan fingerprint density at radius 3 is 2.67 bits per heavy atom. The average Bonchev–Trinajstić information content (AvgIpc) is 2.37. The number of rotatable bonds is 4. The molecule has 3 unspecified atom stereocenters. The van der Waals surface area contributed by atoms with Crippen LogP contribution in [0.3, 0.4) is 0 Å². The molecule has 1 fully saturated rings. The largest absolute Gasteiger partial charge is 0.347 e. The summed E-state index contributed by atoms with van der Waals surface area (Å²) in [5.41, 5.74) is 6.06. The van der Waals surface area contributed by atoms with Crippen LogP contribution in [0.4, 0.5) is 0 Å². The fraction of sp³-hybridized carbons (Fsp3) is 0.846. The summed E-state index contributed by atoms with van der Waals surface area (Å²) in [6, 6.07) is -0.0854. The van der Waals surface area contributed by atoms with E-state index in [4.69, 9.17) is 5.73 Å². The summed E-state index contributed by atoms with van der Waals surface area (Å²) in [5.74, 6) is 0.0900. The van der Waals surface area contributed by atoms with E-state index in [-0.39, 0.29) is 30.3 Å². The van der Waals surface area contributed by atoms with Crippen molar-refractivity contribution in [3.63, 3.8) is 0 Å². The summed E-state index contributed by atoms with van der Waals surface area (Å²) in [4.78, 5) is 25.2. The van der Waals surface area contributed by atoms with E-state index in [0.29, 0.717) is 12.5 Å². The van der Waals surface area contributed by atoms with E-state index in [1.807, 2.05) is 6.92 Å². The van der Waals surface area contributed by atoms with Crippen LogP contribution in [0, 0.1) is 11.8 Å². The predicted molar refractivity (Wildman–Crippen MR) is 70.8 cm³/mol.